The monoisotopic (exact) mass is 449 g/mol. The molecule has 2 N–H and O–H groups in total. The predicted octanol–water partition coefficient (Wildman–Crippen LogP) is 5.34. The third-order valence-corrected chi connectivity index (χ3v) is 5.99. The first kappa shape index (κ1) is 22.2. The Hall–Kier alpha value is -3.03. The lowest BCUT2D eigenvalue weighted by atomic mass is 9.86. The summed E-state index contributed by atoms with van der Waals surface area (Å²) in [6, 6.07) is 19.7. The minimum atomic E-state index is -0.304. The fourth-order valence-electron chi connectivity index (χ4n) is 3.35. The van der Waals surface area contributed by atoms with E-state index >= 15 is 0 Å². The number of nitrogens with zero attached hydrogens (tertiary/aromatic N) is 3. The molecular weight excluding hydrogens is 422 g/mol. The van der Waals surface area contributed by atoms with Crippen LogP contribution >= 0.6 is 11.8 Å². The van der Waals surface area contributed by atoms with Crippen molar-refractivity contribution in [1.82, 2.24) is 15.0 Å². The van der Waals surface area contributed by atoms with Crippen LogP contribution in [0.4, 0.5) is 0 Å². The van der Waals surface area contributed by atoms with E-state index in [-0.39, 0.29) is 17.8 Å². The number of aromatic hydroxyl groups is 1. The molecule has 4 aromatic rings. The van der Waals surface area contributed by atoms with Gasteiger partial charge in [0.15, 0.2) is 0 Å². The maximum Gasteiger partial charge on any atom is 0.147 e. The summed E-state index contributed by atoms with van der Waals surface area (Å²) in [6.07, 6.45) is 0.535. The molecule has 0 atom stereocenters. The number of ether oxygens (including phenoxy) is 1. The van der Waals surface area contributed by atoms with Gasteiger partial charge in [0, 0.05) is 34.4 Å². The number of benzene rings is 3. The second-order valence-corrected chi connectivity index (χ2v) is 9.72. The van der Waals surface area contributed by atoms with Crippen molar-refractivity contribution in [2.75, 3.05) is 13.2 Å². The van der Waals surface area contributed by atoms with Crippen LogP contribution in [0.1, 0.15) is 32.8 Å². The van der Waals surface area contributed by atoms with Gasteiger partial charge in [-0.2, -0.15) is 0 Å². The van der Waals surface area contributed by atoms with Crippen LogP contribution in [-0.4, -0.2) is 38.4 Å². The van der Waals surface area contributed by atoms with Crippen LogP contribution < -0.4 is 4.74 Å². The quantitative estimate of drug-likeness (QED) is 0.371. The van der Waals surface area contributed by atoms with Gasteiger partial charge in [0.25, 0.3) is 0 Å². The van der Waals surface area contributed by atoms with Gasteiger partial charge in [-0.1, -0.05) is 50.7 Å². The second-order valence-electron chi connectivity index (χ2n) is 8.57. The van der Waals surface area contributed by atoms with Crippen molar-refractivity contribution in [3.05, 3.63) is 66.2 Å². The number of rotatable bonds is 7. The Labute approximate surface area is 191 Å². The molecule has 0 aliphatic heterocycles. The molecule has 6 nitrogen and oxygen atoms in total. The third kappa shape index (κ3) is 4.89. The van der Waals surface area contributed by atoms with E-state index < -0.39 is 0 Å². The Morgan fingerprint density at radius 1 is 0.938 bits per heavy atom. The molecule has 166 valence electrons. The van der Waals surface area contributed by atoms with Crippen molar-refractivity contribution >= 4 is 22.8 Å². The summed E-state index contributed by atoms with van der Waals surface area (Å²) in [5, 5.41) is 29.3. The second kappa shape index (κ2) is 9.22. The Morgan fingerprint density at radius 2 is 1.69 bits per heavy atom. The average molecular weight is 450 g/mol. The van der Waals surface area contributed by atoms with E-state index in [4.69, 9.17) is 9.84 Å². The molecule has 0 aliphatic rings. The molecule has 7 heteroatoms. The van der Waals surface area contributed by atoms with Crippen molar-refractivity contribution in [2.24, 2.45) is 0 Å². The number of aliphatic hydroxyl groups excluding tert-OH is 1. The first-order valence-electron chi connectivity index (χ1n) is 10.6. The van der Waals surface area contributed by atoms with E-state index in [2.05, 4.69) is 22.3 Å². The van der Waals surface area contributed by atoms with Gasteiger partial charge in [-0.3, -0.25) is 0 Å². The molecule has 32 heavy (non-hydrogen) atoms. The molecule has 3 aromatic carbocycles. The van der Waals surface area contributed by atoms with Gasteiger partial charge in [0.05, 0.1) is 6.61 Å². The predicted molar refractivity (Wildman–Crippen MR) is 127 cm³/mol. The number of aliphatic hydroxyl groups is 1. The molecule has 1 aromatic heterocycles. The molecule has 0 amide bonds. The number of fused-ring (bicyclic) bond motifs is 1. The summed E-state index contributed by atoms with van der Waals surface area (Å²) >= 11 is 1.66. The van der Waals surface area contributed by atoms with Crippen molar-refractivity contribution in [3.8, 4) is 17.2 Å². The number of aromatic nitrogens is 3. The third-order valence-electron chi connectivity index (χ3n) is 4.99. The van der Waals surface area contributed by atoms with E-state index in [1.807, 2.05) is 63.2 Å². The van der Waals surface area contributed by atoms with Crippen LogP contribution in [0, 0.1) is 0 Å². The van der Waals surface area contributed by atoms with Crippen LogP contribution in [0.3, 0.4) is 0 Å². The minimum absolute atomic E-state index is 0.0620. The van der Waals surface area contributed by atoms with Gasteiger partial charge in [0.1, 0.15) is 28.2 Å². The average Bonchev–Trinajstić information content (AvgIpc) is 3.18. The van der Waals surface area contributed by atoms with Crippen LogP contribution in [0.5, 0.6) is 11.5 Å². The lowest BCUT2D eigenvalue weighted by Gasteiger charge is -2.23. The van der Waals surface area contributed by atoms with Crippen LogP contribution in [0.25, 0.3) is 16.7 Å². The zero-order valence-electron chi connectivity index (χ0n) is 18.4. The molecule has 1 heterocycles. The zero-order valence-corrected chi connectivity index (χ0v) is 19.3. The highest BCUT2D eigenvalue weighted by Gasteiger charge is 2.24. The molecule has 0 aliphatic carbocycles. The topological polar surface area (TPSA) is 80.4 Å². The van der Waals surface area contributed by atoms with Crippen molar-refractivity contribution < 1.29 is 14.9 Å². The maximum absolute atomic E-state index is 11.0. The standard InChI is InChI=1S/C25H27N3O3S/c1-25(2,3)20-14-17(31-13-7-12-29)15-23(24(20)30)28-26-21-11-10-19(16-22(21)27-28)32-18-8-5-4-6-9-18/h4-6,8-11,14-16,29-30H,7,12-13H2,1-3H3. The first-order chi connectivity index (χ1) is 15.3. The van der Waals surface area contributed by atoms with Gasteiger partial charge in [-0.05, 0) is 41.8 Å². The normalized spacial score (nSPS) is 11.8. The number of hydrogen-bond donors (Lipinski definition) is 2. The molecular formula is C25H27N3O3S. The Kier molecular flexibility index (Phi) is 6.39. The number of phenols is 1. The van der Waals surface area contributed by atoms with Gasteiger partial charge >= 0.3 is 0 Å². The summed E-state index contributed by atoms with van der Waals surface area (Å²) < 4.78 is 5.82. The highest BCUT2D eigenvalue weighted by atomic mass is 32.2. The number of phenolic OH excluding ortho intramolecular Hbond substituents is 1. The lowest BCUT2D eigenvalue weighted by molar-refractivity contribution is 0.233. The van der Waals surface area contributed by atoms with Gasteiger partial charge in [0.2, 0.25) is 0 Å². The summed E-state index contributed by atoms with van der Waals surface area (Å²) in [5.74, 6) is 0.740. The SMILES string of the molecule is CC(C)(C)c1cc(OCCCO)cc(-n2nc3ccc(Sc4ccccc4)cc3n2)c1O. The van der Waals surface area contributed by atoms with Crippen molar-refractivity contribution in [3.63, 3.8) is 0 Å². The molecule has 0 bridgehead atoms. The molecule has 0 unspecified atom stereocenters. The highest BCUT2D eigenvalue weighted by molar-refractivity contribution is 7.99. The van der Waals surface area contributed by atoms with Crippen molar-refractivity contribution in [2.45, 2.75) is 42.4 Å². The van der Waals surface area contributed by atoms with E-state index in [0.29, 0.717) is 24.5 Å². The van der Waals surface area contributed by atoms with Gasteiger partial charge in [-0.25, -0.2) is 0 Å². The molecule has 0 saturated heterocycles. The lowest BCUT2D eigenvalue weighted by Crippen LogP contribution is -2.14. The maximum atomic E-state index is 11.0. The summed E-state index contributed by atoms with van der Waals surface area (Å²) in [6.45, 7) is 6.54. The fourth-order valence-corrected chi connectivity index (χ4v) is 4.22. The zero-order chi connectivity index (χ0) is 22.7. The van der Waals surface area contributed by atoms with Gasteiger partial charge in [-0.15, -0.1) is 15.0 Å². The number of hydrogen-bond acceptors (Lipinski definition) is 6. The fraction of sp³-hybridized carbons (Fsp3) is 0.280. The Morgan fingerprint density at radius 3 is 2.41 bits per heavy atom. The summed E-state index contributed by atoms with van der Waals surface area (Å²) in [4.78, 5) is 3.68. The largest absolute Gasteiger partial charge is 0.505 e. The minimum Gasteiger partial charge on any atom is -0.505 e. The smallest absolute Gasteiger partial charge is 0.147 e. The van der Waals surface area contributed by atoms with E-state index in [0.717, 1.165) is 26.4 Å². The van der Waals surface area contributed by atoms with E-state index in [9.17, 15) is 5.11 Å². The molecule has 0 fully saturated rings. The van der Waals surface area contributed by atoms with Gasteiger partial charge < -0.3 is 14.9 Å². The highest BCUT2D eigenvalue weighted by Crippen LogP contribution is 2.38. The van der Waals surface area contributed by atoms with E-state index in [1.165, 1.54) is 4.80 Å². The Balaban J connectivity index is 1.72. The Bertz CT molecular complexity index is 1220. The summed E-state index contributed by atoms with van der Waals surface area (Å²) in [5.41, 5.74) is 2.39. The molecule has 0 spiro atoms. The van der Waals surface area contributed by atoms with E-state index in [1.54, 1.807) is 17.8 Å². The molecule has 0 radical (unpaired) electrons. The van der Waals surface area contributed by atoms with Crippen molar-refractivity contribution in [1.29, 1.82) is 0 Å². The van der Waals surface area contributed by atoms with Crippen LogP contribution in [0.2, 0.25) is 0 Å². The van der Waals surface area contributed by atoms with Crippen LogP contribution in [0.15, 0.2) is 70.5 Å². The molecule has 4 rings (SSSR count). The summed E-state index contributed by atoms with van der Waals surface area (Å²) in [7, 11) is 0. The first-order valence-corrected chi connectivity index (χ1v) is 11.4. The van der Waals surface area contributed by atoms with Crippen LogP contribution in [-0.2, 0) is 5.41 Å². The molecule has 0 saturated carbocycles.